The Hall–Kier alpha value is -1.45. The Bertz CT molecular complexity index is 582. The quantitative estimate of drug-likeness (QED) is 0.919. The Labute approximate surface area is 113 Å². The molecule has 0 aliphatic heterocycles. The van der Waals surface area contributed by atoms with Gasteiger partial charge < -0.3 is 9.84 Å². The van der Waals surface area contributed by atoms with Crippen molar-refractivity contribution in [2.24, 2.45) is 0 Å². The molecule has 1 aliphatic carbocycles. The monoisotopic (exact) mass is 257 g/mol. The van der Waals surface area contributed by atoms with E-state index >= 15 is 0 Å². The van der Waals surface area contributed by atoms with E-state index in [0.717, 1.165) is 35.7 Å². The van der Waals surface area contributed by atoms with Gasteiger partial charge in [0.1, 0.15) is 0 Å². The Morgan fingerprint density at radius 1 is 1.26 bits per heavy atom. The number of ether oxygens (including phenoxy) is 1. The summed E-state index contributed by atoms with van der Waals surface area (Å²) in [4.78, 5) is 4.76. The number of nitrogens with zero attached hydrogens (tertiary/aromatic N) is 1. The predicted molar refractivity (Wildman–Crippen MR) is 75.1 cm³/mol. The van der Waals surface area contributed by atoms with Gasteiger partial charge in [0.05, 0.1) is 18.2 Å². The van der Waals surface area contributed by atoms with Gasteiger partial charge in [0, 0.05) is 24.1 Å². The van der Waals surface area contributed by atoms with E-state index in [2.05, 4.69) is 12.1 Å². The molecule has 2 unspecified atom stereocenters. The van der Waals surface area contributed by atoms with E-state index in [1.165, 1.54) is 5.69 Å². The molecule has 100 valence electrons. The Balaban J connectivity index is 1.90. The van der Waals surface area contributed by atoms with E-state index in [9.17, 15) is 0 Å². The molecule has 1 fully saturated rings. The molecule has 1 aromatic carbocycles. The number of rotatable bonds is 3. The van der Waals surface area contributed by atoms with E-state index in [1.807, 2.05) is 18.2 Å². The number of methoxy groups -OCH3 is 1. The summed E-state index contributed by atoms with van der Waals surface area (Å²) < 4.78 is 5.43. The number of aromatic nitrogens is 1. The Morgan fingerprint density at radius 3 is 2.89 bits per heavy atom. The molecular formula is C16H19NO2. The summed E-state index contributed by atoms with van der Waals surface area (Å²) in [5.41, 5.74) is 3.11. The first-order valence-corrected chi connectivity index (χ1v) is 6.83. The molecule has 1 aromatic heterocycles. The fraction of sp³-hybridized carbons (Fsp3) is 0.438. The van der Waals surface area contributed by atoms with Crippen LogP contribution in [-0.4, -0.2) is 23.3 Å². The Kier molecular flexibility index (Phi) is 3.49. The third kappa shape index (κ3) is 2.48. The minimum atomic E-state index is 0.0792. The Morgan fingerprint density at radius 2 is 2.16 bits per heavy atom. The van der Waals surface area contributed by atoms with Gasteiger partial charge in [-0.1, -0.05) is 12.1 Å². The van der Waals surface area contributed by atoms with Crippen LogP contribution in [0.4, 0.5) is 0 Å². The number of pyridine rings is 1. The minimum absolute atomic E-state index is 0.0792. The summed E-state index contributed by atoms with van der Waals surface area (Å²) in [6.45, 7) is 0.0792. The van der Waals surface area contributed by atoms with Crippen molar-refractivity contribution < 1.29 is 9.84 Å². The standard InChI is InChI=1S/C16H19NO2/c1-19-14-5-3-13(9-14)16-7-4-12-8-11(10-18)2-6-15(12)17-16/h2,4,6-8,13-14,18H,3,5,9-10H2,1H3. The smallest absolute Gasteiger partial charge is 0.0705 e. The van der Waals surface area contributed by atoms with Gasteiger partial charge in [0.25, 0.3) is 0 Å². The first kappa shape index (κ1) is 12.6. The zero-order valence-electron chi connectivity index (χ0n) is 11.2. The fourth-order valence-corrected chi connectivity index (χ4v) is 2.94. The zero-order chi connectivity index (χ0) is 13.2. The molecule has 1 N–H and O–H groups in total. The number of fused-ring (bicyclic) bond motifs is 1. The summed E-state index contributed by atoms with van der Waals surface area (Å²) in [5.74, 6) is 0.520. The van der Waals surface area contributed by atoms with Crippen LogP contribution < -0.4 is 0 Å². The maximum Gasteiger partial charge on any atom is 0.0705 e. The van der Waals surface area contributed by atoms with Crippen molar-refractivity contribution in [3.8, 4) is 0 Å². The number of hydrogen-bond acceptors (Lipinski definition) is 3. The van der Waals surface area contributed by atoms with E-state index in [1.54, 1.807) is 7.11 Å². The van der Waals surface area contributed by atoms with Crippen molar-refractivity contribution in [3.05, 3.63) is 41.6 Å². The highest BCUT2D eigenvalue weighted by Crippen LogP contribution is 2.35. The molecule has 0 amide bonds. The van der Waals surface area contributed by atoms with Gasteiger partial charge in [0.15, 0.2) is 0 Å². The SMILES string of the molecule is COC1CCC(c2ccc3cc(CO)ccc3n2)C1. The molecule has 0 radical (unpaired) electrons. The van der Waals surface area contributed by atoms with Gasteiger partial charge in [-0.3, -0.25) is 4.98 Å². The van der Waals surface area contributed by atoms with Gasteiger partial charge in [-0.2, -0.15) is 0 Å². The first-order valence-electron chi connectivity index (χ1n) is 6.83. The summed E-state index contributed by atoms with van der Waals surface area (Å²) >= 11 is 0. The van der Waals surface area contributed by atoms with Crippen LogP contribution in [0.2, 0.25) is 0 Å². The maximum absolute atomic E-state index is 9.15. The lowest BCUT2D eigenvalue weighted by Crippen LogP contribution is -2.05. The normalized spacial score (nSPS) is 23.1. The van der Waals surface area contributed by atoms with Crippen molar-refractivity contribution in [2.45, 2.75) is 37.9 Å². The second-order valence-electron chi connectivity index (χ2n) is 5.29. The van der Waals surface area contributed by atoms with Gasteiger partial charge in [-0.05, 0) is 43.0 Å². The third-order valence-electron chi connectivity index (χ3n) is 4.09. The summed E-state index contributed by atoms with van der Waals surface area (Å²) in [6, 6.07) is 10.2. The second kappa shape index (κ2) is 5.27. The summed E-state index contributed by atoms with van der Waals surface area (Å²) in [6.07, 6.45) is 3.75. The van der Waals surface area contributed by atoms with Gasteiger partial charge in [0.2, 0.25) is 0 Å². The van der Waals surface area contributed by atoms with Crippen molar-refractivity contribution in [3.63, 3.8) is 0 Å². The molecule has 0 bridgehead atoms. The van der Waals surface area contributed by atoms with Crippen LogP contribution in [0.25, 0.3) is 10.9 Å². The summed E-state index contributed by atoms with van der Waals surface area (Å²) in [5, 5.41) is 10.2. The van der Waals surface area contributed by atoms with Crippen LogP contribution >= 0.6 is 0 Å². The second-order valence-corrected chi connectivity index (χ2v) is 5.29. The lowest BCUT2D eigenvalue weighted by Gasteiger charge is -2.11. The van der Waals surface area contributed by atoms with Crippen LogP contribution in [0.5, 0.6) is 0 Å². The van der Waals surface area contributed by atoms with Gasteiger partial charge in [-0.25, -0.2) is 0 Å². The van der Waals surface area contributed by atoms with E-state index in [-0.39, 0.29) is 6.61 Å². The molecule has 1 saturated carbocycles. The minimum Gasteiger partial charge on any atom is -0.392 e. The molecule has 3 nitrogen and oxygen atoms in total. The third-order valence-corrected chi connectivity index (χ3v) is 4.09. The van der Waals surface area contributed by atoms with E-state index in [0.29, 0.717) is 12.0 Å². The molecule has 2 aromatic rings. The van der Waals surface area contributed by atoms with Crippen molar-refractivity contribution in [1.82, 2.24) is 4.98 Å². The average molecular weight is 257 g/mol. The van der Waals surface area contributed by atoms with Crippen LogP contribution in [-0.2, 0) is 11.3 Å². The molecule has 1 aliphatic rings. The predicted octanol–water partition coefficient (Wildman–Crippen LogP) is 3.01. The molecule has 3 rings (SSSR count). The number of benzene rings is 1. The van der Waals surface area contributed by atoms with Crippen LogP contribution in [0.3, 0.4) is 0 Å². The van der Waals surface area contributed by atoms with Crippen LogP contribution in [0.15, 0.2) is 30.3 Å². The van der Waals surface area contributed by atoms with E-state index in [4.69, 9.17) is 14.8 Å². The maximum atomic E-state index is 9.15. The lowest BCUT2D eigenvalue weighted by molar-refractivity contribution is 0.108. The molecule has 0 saturated heterocycles. The lowest BCUT2D eigenvalue weighted by atomic mass is 10.0. The van der Waals surface area contributed by atoms with E-state index < -0.39 is 0 Å². The molecule has 1 heterocycles. The highest BCUT2D eigenvalue weighted by molar-refractivity contribution is 5.79. The fourth-order valence-electron chi connectivity index (χ4n) is 2.94. The topological polar surface area (TPSA) is 42.4 Å². The molecule has 3 heteroatoms. The number of aliphatic hydroxyl groups is 1. The summed E-state index contributed by atoms with van der Waals surface area (Å²) in [7, 11) is 1.79. The average Bonchev–Trinajstić information content (AvgIpc) is 2.95. The van der Waals surface area contributed by atoms with Crippen molar-refractivity contribution >= 4 is 10.9 Å². The molecular weight excluding hydrogens is 238 g/mol. The molecule has 0 spiro atoms. The van der Waals surface area contributed by atoms with Crippen molar-refractivity contribution in [1.29, 1.82) is 0 Å². The highest BCUT2D eigenvalue weighted by Gasteiger charge is 2.26. The molecule has 2 atom stereocenters. The van der Waals surface area contributed by atoms with Gasteiger partial charge >= 0.3 is 0 Å². The van der Waals surface area contributed by atoms with Crippen molar-refractivity contribution in [2.75, 3.05) is 7.11 Å². The number of hydrogen-bond donors (Lipinski definition) is 1. The first-order chi connectivity index (χ1) is 9.30. The molecule has 19 heavy (non-hydrogen) atoms. The van der Waals surface area contributed by atoms with Crippen LogP contribution in [0.1, 0.15) is 36.4 Å². The number of aliphatic hydroxyl groups excluding tert-OH is 1. The highest BCUT2D eigenvalue weighted by atomic mass is 16.5. The zero-order valence-corrected chi connectivity index (χ0v) is 11.2. The van der Waals surface area contributed by atoms with Crippen LogP contribution in [0, 0.1) is 0 Å². The van der Waals surface area contributed by atoms with Gasteiger partial charge in [-0.15, -0.1) is 0 Å². The largest absolute Gasteiger partial charge is 0.392 e.